The number of thioether (sulfide) groups is 1. The van der Waals surface area contributed by atoms with Crippen molar-refractivity contribution in [2.45, 2.75) is 37.5 Å². The number of carbonyl (C=O) groups is 1. The molecule has 0 aliphatic heterocycles. The van der Waals surface area contributed by atoms with Gasteiger partial charge in [-0.2, -0.15) is 11.8 Å². The van der Waals surface area contributed by atoms with Gasteiger partial charge < -0.3 is 5.32 Å². The van der Waals surface area contributed by atoms with Crippen molar-refractivity contribution in [2.75, 3.05) is 6.26 Å². The van der Waals surface area contributed by atoms with E-state index in [9.17, 15) is 9.18 Å². The lowest BCUT2D eigenvalue weighted by molar-refractivity contribution is 0.0934. The van der Waals surface area contributed by atoms with Gasteiger partial charge in [0.25, 0.3) is 5.91 Å². The molecule has 1 aliphatic rings. The van der Waals surface area contributed by atoms with Crippen LogP contribution in [-0.2, 0) is 0 Å². The lowest BCUT2D eigenvalue weighted by Gasteiger charge is -2.19. The van der Waals surface area contributed by atoms with Crippen LogP contribution in [0.15, 0.2) is 18.2 Å². The minimum Gasteiger partial charge on any atom is -0.348 e. The smallest absolute Gasteiger partial charge is 0.254 e. The van der Waals surface area contributed by atoms with Gasteiger partial charge >= 0.3 is 0 Å². The van der Waals surface area contributed by atoms with E-state index in [4.69, 9.17) is 0 Å². The molecule has 0 saturated heterocycles. The standard InChI is InChI=1S/C14H18FNOS/c1-9-5-3-6-10(13(9)15)14(17)16-11-7-4-8-12(11)18-2/h3,5-6,11-12H,4,7-8H2,1-2H3,(H,16,17). The molecule has 1 fully saturated rings. The Balaban J connectivity index is 2.10. The summed E-state index contributed by atoms with van der Waals surface area (Å²) in [6.45, 7) is 1.67. The summed E-state index contributed by atoms with van der Waals surface area (Å²) in [5.41, 5.74) is 0.664. The van der Waals surface area contributed by atoms with E-state index >= 15 is 0 Å². The number of benzene rings is 1. The lowest BCUT2D eigenvalue weighted by Crippen LogP contribution is -2.39. The summed E-state index contributed by atoms with van der Waals surface area (Å²) < 4.78 is 13.8. The third kappa shape index (κ3) is 2.69. The summed E-state index contributed by atoms with van der Waals surface area (Å²) in [5, 5.41) is 3.42. The molecule has 2 atom stereocenters. The quantitative estimate of drug-likeness (QED) is 0.911. The van der Waals surface area contributed by atoms with Gasteiger partial charge in [0.05, 0.1) is 5.56 Å². The van der Waals surface area contributed by atoms with E-state index in [2.05, 4.69) is 11.6 Å². The van der Waals surface area contributed by atoms with E-state index in [1.165, 1.54) is 0 Å². The van der Waals surface area contributed by atoms with Gasteiger partial charge in [-0.05, 0) is 37.7 Å². The first-order valence-electron chi connectivity index (χ1n) is 6.22. The maximum Gasteiger partial charge on any atom is 0.254 e. The highest BCUT2D eigenvalue weighted by Crippen LogP contribution is 2.28. The topological polar surface area (TPSA) is 29.1 Å². The number of hydrogen-bond acceptors (Lipinski definition) is 2. The van der Waals surface area contributed by atoms with Crippen molar-refractivity contribution in [2.24, 2.45) is 0 Å². The molecule has 1 amide bonds. The predicted octanol–water partition coefficient (Wildman–Crippen LogP) is 3.15. The van der Waals surface area contributed by atoms with Crippen molar-refractivity contribution >= 4 is 17.7 Å². The van der Waals surface area contributed by atoms with Crippen molar-refractivity contribution in [3.8, 4) is 0 Å². The zero-order valence-electron chi connectivity index (χ0n) is 10.7. The highest BCUT2D eigenvalue weighted by atomic mass is 32.2. The number of amides is 1. The summed E-state index contributed by atoms with van der Waals surface area (Å²) in [6.07, 6.45) is 5.31. The molecule has 1 saturated carbocycles. The molecule has 1 aliphatic carbocycles. The summed E-state index contributed by atoms with van der Waals surface area (Å²) in [4.78, 5) is 12.1. The van der Waals surface area contributed by atoms with Gasteiger partial charge in [-0.3, -0.25) is 4.79 Å². The predicted molar refractivity (Wildman–Crippen MR) is 73.5 cm³/mol. The third-order valence-corrected chi connectivity index (χ3v) is 4.68. The fourth-order valence-electron chi connectivity index (χ4n) is 2.44. The summed E-state index contributed by atoms with van der Waals surface area (Å²) in [6, 6.07) is 5.11. The van der Waals surface area contributed by atoms with Crippen LogP contribution in [0.1, 0.15) is 35.2 Å². The van der Waals surface area contributed by atoms with E-state index in [0.717, 1.165) is 19.3 Å². The Morgan fingerprint density at radius 1 is 1.44 bits per heavy atom. The van der Waals surface area contributed by atoms with Crippen LogP contribution in [-0.4, -0.2) is 23.5 Å². The third-order valence-electron chi connectivity index (χ3n) is 3.51. The molecule has 18 heavy (non-hydrogen) atoms. The molecular weight excluding hydrogens is 249 g/mol. The molecular formula is C14H18FNOS. The first kappa shape index (κ1) is 13.4. The number of rotatable bonds is 3. The summed E-state index contributed by atoms with van der Waals surface area (Å²) >= 11 is 1.78. The lowest BCUT2D eigenvalue weighted by atomic mass is 10.1. The number of nitrogens with one attached hydrogen (secondary N) is 1. The fraction of sp³-hybridized carbons (Fsp3) is 0.500. The molecule has 0 heterocycles. The number of halogens is 1. The number of hydrogen-bond donors (Lipinski definition) is 1. The van der Waals surface area contributed by atoms with Crippen LogP contribution in [0.4, 0.5) is 4.39 Å². The van der Waals surface area contributed by atoms with E-state index in [1.807, 2.05) is 0 Å². The maximum atomic E-state index is 13.8. The molecule has 0 aromatic heterocycles. The highest BCUT2D eigenvalue weighted by molar-refractivity contribution is 7.99. The fourth-order valence-corrected chi connectivity index (χ4v) is 3.38. The van der Waals surface area contributed by atoms with Crippen molar-refractivity contribution < 1.29 is 9.18 Å². The second kappa shape index (κ2) is 5.74. The molecule has 98 valence electrons. The molecule has 2 unspecified atom stereocenters. The second-order valence-corrected chi connectivity index (χ2v) is 5.80. The Kier molecular flexibility index (Phi) is 4.27. The van der Waals surface area contributed by atoms with E-state index in [0.29, 0.717) is 10.8 Å². The Hall–Kier alpha value is -1.03. The first-order valence-corrected chi connectivity index (χ1v) is 7.51. The van der Waals surface area contributed by atoms with Crippen LogP contribution in [0.3, 0.4) is 0 Å². The van der Waals surface area contributed by atoms with Crippen molar-refractivity contribution in [1.29, 1.82) is 0 Å². The van der Waals surface area contributed by atoms with Gasteiger partial charge in [-0.25, -0.2) is 4.39 Å². The maximum absolute atomic E-state index is 13.8. The summed E-state index contributed by atoms with van der Waals surface area (Å²) in [7, 11) is 0. The van der Waals surface area contributed by atoms with E-state index < -0.39 is 5.82 Å². The van der Waals surface area contributed by atoms with Gasteiger partial charge in [-0.1, -0.05) is 18.6 Å². The van der Waals surface area contributed by atoms with Gasteiger partial charge in [0.1, 0.15) is 5.82 Å². The van der Waals surface area contributed by atoms with Crippen molar-refractivity contribution in [1.82, 2.24) is 5.32 Å². The summed E-state index contributed by atoms with van der Waals surface area (Å²) in [5.74, 6) is -0.698. The molecule has 0 bridgehead atoms. The molecule has 2 rings (SSSR count). The van der Waals surface area contributed by atoms with E-state index in [1.54, 1.807) is 36.9 Å². The SMILES string of the molecule is CSC1CCCC1NC(=O)c1cccc(C)c1F. The number of aryl methyl sites for hydroxylation is 1. The Labute approximate surface area is 111 Å². The Morgan fingerprint density at radius 3 is 2.94 bits per heavy atom. The second-order valence-electron chi connectivity index (χ2n) is 4.72. The highest BCUT2D eigenvalue weighted by Gasteiger charge is 2.28. The van der Waals surface area contributed by atoms with Gasteiger partial charge in [-0.15, -0.1) is 0 Å². The van der Waals surface area contributed by atoms with Gasteiger partial charge in [0.15, 0.2) is 0 Å². The first-order chi connectivity index (χ1) is 8.63. The van der Waals surface area contributed by atoms with Crippen molar-refractivity contribution in [3.63, 3.8) is 0 Å². The van der Waals surface area contributed by atoms with Crippen molar-refractivity contribution in [3.05, 3.63) is 35.1 Å². The zero-order valence-corrected chi connectivity index (χ0v) is 11.5. The average molecular weight is 267 g/mol. The number of carbonyl (C=O) groups excluding carboxylic acids is 1. The molecule has 0 spiro atoms. The minimum atomic E-state index is -0.409. The molecule has 1 N–H and O–H groups in total. The van der Waals surface area contributed by atoms with Crippen LogP contribution in [0.2, 0.25) is 0 Å². The van der Waals surface area contributed by atoms with Crippen LogP contribution >= 0.6 is 11.8 Å². The molecule has 1 aromatic rings. The minimum absolute atomic E-state index is 0.154. The Morgan fingerprint density at radius 2 is 2.22 bits per heavy atom. The van der Waals surface area contributed by atoms with Crippen LogP contribution in [0.25, 0.3) is 0 Å². The molecule has 4 heteroatoms. The van der Waals surface area contributed by atoms with Gasteiger partial charge in [0, 0.05) is 11.3 Å². The zero-order chi connectivity index (χ0) is 13.1. The molecule has 2 nitrogen and oxygen atoms in total. The molecule has 0 radical (unpaired) electrons. The average Bonchev–Trinajstić information content (AvgIpc) is 2.79. The largest absolute Gasteiger partial charge is 0.348 e. The molecule has 1 aromatic carbocycles. The Bertz CT molecular complexity index is 449. The van der Waals surface area contributed by atoms with Crippen LogP contribution < -0.4 is 5.32 Å². The normalized spacial score (nSPS) is 23.1. The van der Waals surface area contributed by atoms with Crippen LogP contribution in [0.5, 0.6) is 0 Å². The van der Waals surface area contributed by atoms with E-state index in [-0.39, 0.29) is 17.5 Å². The monoisotopic (exact) mass is 267 g/mol. The van der Waals surface area contributed by atoms with Gasteiger partial charge in [0.2, 0.25) is 0 Å². The van der Waals surface area contributed by atoms with Crippen LogP contribution in [0, 0.1) is 12.7 Å².